The first-order chi connectivity index (χ1) is 9.54. The SMILES string of the molecule is CCC(c1ccccc1F)N1CCC(C(=O)O)CC1C. The molecule has 3 atom stereocenters. The van der Waals surface area contributed by atoms with Gasteiger partial charge in [-0.25, -0.2) is 4.39 Å². The molecule has 0 amide bonds. The molecule has 1 aliphatic rings. The van der Waals surface area contributed by atoms with Gasteiger partial charge in [-0.15, -0.1) is 0 Å². The number of hydrogen-bond donors (Lipinski definition) is 1. The van der Waals surface area contributed by atoms with Crippen LogP contribution in [0.5, 0.6) is 0 Å². The van der Waals surface area contributed by atoms with Crippen LogP contribution in [0.4, 0.5) is 4.39 Å². The molecule has 3 nitrogen and oxygen atoms in total. The van der Waals surface area contributed by atoms with Gasteiger partial charge >= 0.3 is 5.97 Å². The fourth-order valence-corrected chi connectivity index (χ4v) is 3.26. The Morgan fingerprint density at radius 2 is 2.20 bits per heavy atom. The molecule has 0 spiro atoms. The highest BCUT2D eigenvalue weighted by molar-refractivity contribution is 5.70. The number of carboxylic acid groups (broad SMARTS) is 1. The van der Waals surface area contributed by atoms with Gasteiger partial charge in [0.15, 0.2) is 0 Å². The number of rotatable bonds is 4. The second-order valence-electron chi connectivity index (χ2n) is 5.59. The van der Waals surface area contributed by atoms with Crippen LogP contribution in [0.25, 0.3) is 0 Å². The van der Waals surface area contributed by atoms with Gasteiger partial charge < -0.3 is 5.11 Å². The third-order valence-electron chi connectivity index (χ3n) is 4.33. The summed E-state index contributed by atoms with van der Waals surface area (Å²) < 4.78 is 14.0. The summed E-state index contributed by atoms with van der Waals surface area (Å²) in [7, 11) is 0. The lowest BCUT2D eigenvalue weighted by Gasteiger charge is -2.41. The first-order valence-corrected chi connectivity index (χ1v) is 7.27. The molecule has 0 saturated carbocycles. The van der Waals surface area contributed by atoms with Crippen molar-refractivity contribution in [3.63, 3.8) is 0 Å². The zero-order valence-corrected chi connectivity index (χ0v) is 12.1. The number of halogens is 1. The number of benzene rings is 1. The van der Waals surface area contributed by atoms with Crippen molar-refractivity contribution in [2.24, 2.45) is 5.92 Å². The molecule has 0 radical (unpaired) electrons. The van der Waals surface area contributed by atoms with E-state index in [4.69, 9.17) is 5.11 Å². The van der Waals surface area contributed by atoms with E-state index in [9.17, 15) is 9.18 Å². The lowest BCUT2D eigenvalue weighted by atomic mass is 9.88. The third kappa shape index (κ3) is 3.01. The number of aliphatic carboxylic acids is 1. The molecule has 2 rings (SSSR count). The average Bonchev–Trinajstić information content (AvgIpc) is 2.43. The van der Waals surface area contributed by atoms with Crippen LogP contribution >= 0.6 is 0 Å². The van der Waals surface area contributed by atoms with Crippen LogP contribution < -0.4 is 0 Å². The molecule has 110 valence electrons. The molecule has 1 N–H and O–H groups in total. The van der Waals surface area contributed by atoms with Crippen LogP contribution in [-0.2, 0) is 4.79 Å². The van der Waals surface area contributed by atoms with Crippen molar-refractivity contribution < 1.29 is 14.3 Å². The van der Waals surface area contributed by atoms with Gasteiger partial charge in [-0.05, 0) is 38.8 Å². The normalized spacial score (nSPS) is 25.4. The monoisotopic (exact) mass is 279 g/mol. The molecule has 4 heteroatoms. The van der Waals surface area contributed by atoms with Crippen LogP contribution in [0, 0.1) is 11.7 Å². The van der Waals surface area contributed by atoms with E-state index in [0.29, 0.717) is 19.4 Å². The van der Waals surface area contributed by atoms with E-state index in [1.54, 1.807) is 6.07 Å². The first kappa shape index (κ1) is 15.0. The standard InChI is InChI=1S/C16H22FNO2/c1-3-15(13-6-4-5-7-14(13)17)18-9-8-12(16(19)20)10-11(18)2/h4-7,11-12,15H,3,8-10H2,1-2H3,(H,19,20). The van der Waals surface area contributed by atoms with E-state index >= 15 is 0 Å². The Kier molecular flexibility index (Phi) is 4.76. The van der Waals surface area contributed by atoms with Gasteiger partial charge in [-0.3, -0.25) is 9.69 Å². The summed E-state index contributed by atoms with van der Waals surface area (Å²) in [6.45, 7) is 4.80. The van der Waals surface area contributed by atoms with Gasteiger partial charge in [0.05, 0.1) is 5.92 Å². The summed E-state index contributed by atoms with van der Waals surface area (Å²) in [5, 5.41) is 9.12. The molecule has 1 aromatic carbocycles. The number of carbonyl (C=O) groups is 1. The molecule has 1 heterocycles. The van der Waals surface area contributed by atoms with Gasteiger partial charge in [0, 0.05) is 17.6 Å². The van der Waals surface area contributed by atoms with Crippen LogP contribution in [-0.4, -0.2) is 28.6 Å². The summed E-state index contributed by atoms with van der Waals surface area (Å²) in [4.78, 5) is 13.3. The molecule has 0 aromatic heterocycles. The average molecular weight is 279 g/mol. The number of hydrogen-bond acceptors (Lipinski definition) is 2. The maximum absolute atomic E-state index is 14.0. The van der Waals surface area contributed by atoms with Crippen LogP contribution in [0.15, 0.2) is 24.3 Å². The van der Waals surface area contributed by atoms with E-state index in [-0.39, 0.29) is 23.8 Å². The topological polar surface area (TPSA) is 40.5 Å². The van der Waals surface area contributed by atoms with Gasteiger partial charge in [0.1, 0.15) is 5.82 Å². The minimum atomic E-state index is -0.713. The largest absolute Gasteiger partial charge is 0.481 e. The van der Waals surface area contributed by atoms with Crippen LogP contribution in [0.3, 0.4) is 0 Å². The highest BCUT2D eigenvalue weighted by Crippen LogP contribution is 2.34. The fraction of sp³-hybridized carbons (Fsp3) is 0.562. The molecule has 1 saturated heterocycles. The van der Waals surface area contributed by atoms with E-state index in [1.165, 1.54) is 6.07 Å². The Bertz CT molecular complexity index is 477. The second kappa shape index (κ2) is 6.35. The van der Waals surface area contributed by atoms with E-state index in [0.717, 1.165) is 12.0 Å². The Balaban J connectivity index is 2.17. The number of piperidine rings is 1. The predicted octanol–water partition coefficient (Wildman–Crippen LogP) is 3.46. The Morgan fingerprint density at radius 1 is 1.50 bits per heavy atom. The first-order valence-electron chi connectivity index (χ1n) is 7.27. The zero-order chi connectivity index (χ0) is 14.7. The highest BCUT2D eigenvalue weighted by Gasteiger charge is 2.34. The molecule has 3 unspecified atom stereocenters. The van der Waals surface area contributed by atoms with Crippen LogP contribution in [0.2, 0.25) is 0 Å². The molecule has 20 heavy (non-hydrogen) atoms. The number of carboxylic acids is 1. The van der Waals surface area contributed by atoms with Gasteiger partial charge in [-0.2, -0.15) is 0 Å². The minimum absolute atomic E-state index is 0.0287. The van der Waals surface area contributed by atoms with Crippen molar-refractivity contribution in [3.05, 3.63) is 35.6 Å². The number of likely N-dealkylation sites (tertiary alicyclic amines) is 1. The second-order valence-corrected chi connectivity index (χ2v) is 5.59. The van der Waals surface area contributed by atoms with Gasteiger partial charge in [-0.1, -0.05) is 25.1 Å². The number of nitrogens with zero attached hydrogens (tertiary/aromatic N) is 1. The van der Waals surface area contributed by atoms with E-state index < -0.39 is 5.97 Å². The van der Waals surface area contributed by atoms with E-state index in [2.05, 4.69) is 4.90 Å². The summed E-state index contributed by atoms with van der Waals surface area (Å²) in [5.41, 5.74) is 0.718. The van der Waals surface area contributed by atoms with E-state index in [1.807, 2.05) is 26.0 Å². The lowest BCUT2D eigenvalue weighted by molar-refractivity contribution is -0.144. The fourth-order valence-electron chi connectivity index (χ4n) is 3.26. The summed E-state index contributed by atoms with van der Waals surface area (Å²) >= 11 is 0. The van der Waals surface area contributed by atoms with Crippen molar-refractivity contribution >= 4 is 5.97 Å². The Labute approximate surface area is 119 Å². The molecule has 0 bridgehead atoms. The highest BCUT2D eigenvalue weighted by atomic mass is 19.1. The summed E-state index contributed by atoms with van der Waals surface area (Å²) in [6, 6.07) is 7.07. The molecular formula is C16H22FNO2. The Morgan fingerprint density at radius 3 is 2.75 bits per heavy atom. The van der Waals surface area contributed by atoms with Crippen molar-refractivity contribution in [2.45, 2.75) is 45.2 Å². The molecule has 1 aromatic rings. The van der Waals surface area contributed by atoms with Gasteiger partial charge in [0.25, 0.3) is 0 Å². The summed E-state index contributed by atoms with van der Waals surface area (Å²) in [5.74, 6) is -1.15. The van der Waals surface area contributed by atoms with Crippen molar-refractivity contribution in [1.82, 2.24) is 4.90 Å². The lowest BCUT2D eigenvalue weighted by Crippen LogP contribution is -2.44. The van der Waals surface area contributed by atoms with Crippen LogP contribution in [0.1, 0.15) is 44.7 Å². The maximum atomic E-state index is 14.0. The molecule has 1 aliphatic heterocycles. The predicted molar refractivity (Wildman–Crippen MR) is 76.0 cm³/mol. The molecule has 1 fully saturated rings. The summed E-state index contributed by atoms with van der Waals surface area (Å²) in [6.07, 6.45) is 2.11. The molecular weight excluding hydrogens is 257 g/mol. The molecule has 0 aliphatic carbocycles. The Hall–Kier alpha value is -1.42. The maximum Gasteiger partial charge on any atom is 0.306 e. The zero-order valence-electron chi connectivity index (χ0n) is 12.1. The van der Waals surface area contributed by atoms with Crippen molar-refractivity contribution in [1.29, 1.82) is 0 Å². The third-order valence-corrected chi connectivity index (χ3v) is 4.33. The quantitative estimate of drug-likeness (QED) is 0.917. The smallest absolute Gasteiger partial charge is 0.306 e. The minimum Gasteiger partial charge on any atom is -0.481 e. The van der Waals surface area contributed by atoms with Crippen molar-refractivity contribution in [3.8, 4) is 0 Å². The van der Waals surface area contributed by atoms with Crippen molar-refractivity contribution in [2.75, 3.05) is 6.54 Å². The van der Waals surface area contributed by atoms with Gasteiger partial charge in [0.2, 0.25) is 0 Å².